The van der Waals surface area contributed by atoms with E-state index >= 15 is 0 Å². The van der Waals surface area contributed by atoms with Gasteiger partial charge in [-0.25, -0.2) is 13.4 Å². The first kappa shape index (κ1) is 29.1. The molecule has 1 amide bonds. The number of rotatable bonds is 12. The molecular weight excluding hydrogens is 586 g/mol. The zero-order valence-electron chi connectivity index (χ0n) is 22.2. The molecule has 10 nitrogen and oxygen atoms in total. The second kappa shape index (κ2) is 13.4. The first-order valence-electron chi connectivity index (χ1n) is 12.9. The van der Waals surface area contributed by atoms with E-state index in [9.17, 15) is 13.2 Å². The van der Waals surface area contributed by atoms with Gasteiger partial charge in [0.2, 0.25) is 0 Å². The Morgan fingerprint density at radius 3 is 2.56 bits per heavy atom. The Bertz CT molecular complexity index is 1360. The number of morpholine rings is 1. The number of aryl methyl sites for hydroxylation is 1. The number of unbranched alkanes of at least 4 members (excludes halogenated alkanes) is 2. The molecule has 0 atom stereocenters. The van der Waals surface area contributed by atoms with Crippen LogP contribution in [0.15, 0.2) is 58.0 Å². The third-order valence-corrected chi connectivity index (χ3v) is 8.87. The summed E-state index contributed by atoms with van der Waals surface area (Å²) in [4.78, 5) is 21.9. The van der Waals surface area contributed by atoms with Crippen LogP contribution in [0.25, 0.3) is 0 Å². The quantitative estimate of drug-likeness (QED) is 0.288. The van der Waals surface area contributed by atoms with E-state index in [1.165, 1.54) is 23.7 Å². The number of hydrogen-bond donors (Lipinski definition) is 2. The summed E-state index contributed by atoms with van der Waals surface area (Å²) in [5.41, 5.74) is 1.16. The van der Waals surface area contributed by atoms with Crippen molar-refractivity contribution in [2.45, 2.75) is 31.1 Å². The molecule has 0 bridgehead atoms. The summed E-state index contributed by atoms with van der Waals surface area (Å²) in [6, 6.07) is 11.8. The SMILES string of the molecule is COc1ccc(NC(=O)c2cnc(C)[nH]2)cc1S(=O)(=O)N(CCCCCN1CCOCC1)c1ccc(Br)cc1. The Kier molecular flexibility index (Phi) is 10.0. The Morgan fingerprint density at radius 1 is 1.15 bits per heavy atom. The fraction of sp³-hybridized carbons (Fsp3) is 0.407. The van der Waals surface area contributed by atoms with Gasteiger partial charge in [-0.05, 0) is 68.8 Å². The van der Waals surface area contributed by atoms with Crippen LogP contribution in [0.2, 0.25) is 0 Å². The van der Waals surface area contributed by atoms with E-state index < -0.39 is 15.9 Å². The van der Waals surface area contributed by atoms with E-state index in [-0.39, 0.29) is 16.3 Å². The van der Waals surface area contributed by atoms with Crippen molar-refractivity contribution >= 4 is 43.2 Å². The number of amides is 1. The van der Waals surface area contributed by atoms with Gasteiger partial charge in [0.25, 0.3) is 15.9 Å². The second-order valence-electron chi connectivity index (χ2n) is 9.27. The van der Waals surface area contributed by atoms with Crippen molar-refractivity contribution < 1.29 is 22.7 Å². The number of methoxy groups -OCH3 is 1. The van der Waals surface area contributed by atoms with E-state index in [0.717, 1.165) is 50.2 Å². The van der Waals surface area contributed by atoms with E-state index in [1.54, 1.807) is 31.2 Å². The van der Waals surface area contributed by atoms with E-state index in [2.05, 4.69) is 36.1 Å². The zero-order chi connectivity index (χ0) is 27.8. The van der Waals surface area contributed by atoms with Crippen LogP contribution >= 0.6 is 15.9 Å². The Labute approximate surface area is 237 Å². The van der Waals surface area contributed by atoms with Gasteiger partial charge in [-0.3, -0.25) is 14.0 Å². The van der Waals surface area contributed by atoms with Crippen molar-refractivity contribution in [1.29, 1.82) is 0 Å². The summed E-state index contributed by atoms with van der Waals surface area (Å²) in [6.45, 7) is 6.42. The summed E-state index contributed by atoms with van der Waals surface area (Å²) in [5, 5.41) is 2.74. The number of benzene rings is 2. The smallest absolute Gasteiger partial charge is 0.273 e. The molecule has 2 N–H and O–H groups in total. The number of anilines is 2. The number of carbonyl (C=O) groups is 1. The largest absolute Gasteiger partial charge is 0.495 e. The highest BCUT2D eigenvalue weighted by molar-refractivity contribution is 9.10. The number of carbonyl (C=O) groups excluding carboxylic acids is 1. The number of aromatic nitrogens is 2. The van der Waals surface area contributed by atoms with Crippen molar-refractivity contribution in [3.05, 3.63) is 64.7 Å². The highest BCUT2D eigenvalue weighted by Crippen LogP contribution is 2.33. The van der Waals surface area contributed by atoms with Crippen molar-refractivity contribution in [2.75, 3.05) is 56.1 Å². The Hall–Kier alpha value is -2.93. The second-order valence-corrected chi connectivity index (χ2v) is 12.0. The van der Waals surface area contributed by atoms with Gasteiger partial charge in [0.05, 0.1) is 32.2 Å². The number of imidazole rings is 1. The molecule has 0 aliphatic carbocycles. The number of sulfonamides is 1. The average molecular weight is 621 g/mol. The van der Waals surface area contributed by atoms with Crippen LogP contribution in [0, 0.1) is 6.92 Å². The number of hydrogen-bond acceptors (Lipinski definition) is 7. The van der Waals surface area contributed by atoms with Gasteiger partial charge in [0.1, 0.15) is 22.2 Å². The molecule has 1 saturated heterocycles. The summed E-state index contributed by atoms with van der Waals surface area (Å²) in [6.07, 6.45) is 3.99. The molecule has 1 aromatic heterocycles. The maximum atomic E-state index is 14.1. The molecule has 0 unspecified atom stereocenters. The molecule has 0 spiro atoms. The monoisotopic (exact) mass is 619 g/mol. The van der Waals surface area contributed by atoms with Crippen molar-refractivity contribution in [3.8, 4) is 5.75 Å². The first-order valence-corrected chi connectivity index (χ1v) is 15.1. The molecule has 0 saturated carbocycles. The van der Waals surface area contributed by atoms with Crippen LogP contribution < -0.4 is 14.4 Å². The van der Waals surface area contributed by atoms with Gasteiger partial charge in [-0.15, -0.1) is 0 Å². The standard InChI is InChI=1S/C27H34BrN5O5S/c1-20-29-19-24(30-20)27(34)31-22-8-11-25(37-2)26(18-22)39(35,36)33(23-9-6-21(28)7-10-23)13-5-3-4-12-32-14-16-38-17-15-32/h6-11,18-19H,3-5,12-17H2,1-2H3,(H,29,30)(H,31,34). The predicted octanol–water partition coefficient (Wildman–Crippen LogP) is 4.44. The van der Waals surface area contributed by atoms with Gasteiger partial charge < -0.3 is 19.8 Å². The molecule has 1 fully saturated rings. The van der Waals surface area contributed by atoms with E-state index in [4.69, 9.17) is 9.47 Å². The lowest BCUT2D eigenvalue weighted by atomic mass is 10.2. The minimum Gasteiger partial charge on any atom is -0.495 e. The summed E-state index contributed by atoms with van der Waals surface area (Å²) < 4.78 is 41.3. The van der Waals surface area contributed by atoms with Gasteiger partial charge in [0.15, 0.2) is 0 Å². The summed E-state index contributed by atoms with van der Waals surface area (Å²) in [5.74, 6) is 0.377. The van der Waals surface area contributed by atoms with Crippen LogP contribution in [0.3, 0.4) is 0 Å². The topological polar surface area (TPSA) is 117 Å². The van der Waals surface area contributed by atoms with Gasteiger partial charge in [-0.1, -0.05) is 22.4 Å². The van der Waals surface area contributed by atoms with Gasteiger partial charge in [-0.2, -0.15) is 0 Å². The highest BCUT2D eigenvalue weighted by atomic mass is 79.9. The van der Waals surface area contributed by atoms with Crippen molar-refractivity contribution in [3.63, 3.8) is 0 Å². The lowest BCUT2D eigenvalue weighted by molar-refractivity contribution is 0.0371. The minimum atomic E-state index is -4.04. The molecule has 0 radical (unpaired) electrons. The molecule has 2 aromatic carbocycles. The first-order chi connectivity index (χ1) is 18.8. The fourth-order valence-corrected chi connectivity index (χ4v) is 6.35. The molecule has 1 aliphatic heterocycles. The van der Waals surface area contributed by atoms with Crippen LogP contribution in [-0.2, 0) is 14.8 Å². The third kappa shape index (κ3) is 7.59. The number of nitrogens with zero attached hydrogens (tertiary/aromatic N) is 3. The fourth-order valence-electron chi connectivity index (χ4n) is 4.40. The molecule has 3 aromatic rings. The highest BCUT2D eigenvalue weighted by Gasteiger charge is 2.29. The molecule has 210 valence electrons. The lowest BCUT2D eigenvalue weighted by Crippen LogP contribution is -2.37. The minimum absolute atomic E-state index is 0.0279. The molecule has 2 heterocycles. The number of halogens is 1. The number of ether oxygens (including phenoxy) is 2. The van der Waals surface area contributed by atoms with E-state index in [1.807, 2.05) is 12.1 Å². The number of nitrogens with one attached hydrogen (secondary N) is 2. The normalized spacial score (nSPS) is 14.2. The van der Waals surface area contributed by atoms with Crippen LogP contribution in [0.1, 0.15) is 35.6 Å². The van der Waals surface area contributed by atoms with Crippen molar-refractivity contribution in [2.24, 2.45) is 0 Å². The predicted molar refractivity (Wildman–Crippen MR) is 154 cm³/mol. The molecule has 1 aliphatic rings. The summed E-state index contributed by atoms with van der Waals surface area (Å²) in [7, 11) is -2.62. The zero-order valence-corrected chi connectivity index (χ0v) is 24.6. The van der Waals surface area contributed by atoms with Crippen LogP contribution in [0.4, 0.5) is 11.4 Å². The molecule has 12 heteroatoms. The van der Waals surface area contributed by atoms with Crippen molar-refractivity contribution in [1.82, 2.24) is 14.9 Å². The van der Waals surface area contributed by atoms with Crippen LogP contribution in [0.5, 0.6) is 5.75 Å². The third-order valence-electron chi connectivity index (χ3n) is 6.49. The van der Waals surface area contributed by atoms with E-state index in [0.29, 0.717) is 30.2 Å². The Balaban J connectivity index is 1.54. The molecular formula is C27H34BrN5O5S. The summed E-state index contributed by atoms with van der Waals surface area (Å²) >= 11 is 3.43. The maximum Gasteiger partial charge on any atom is 0.273 e. The van der Waals surface area contributed by atoms with Crippen LogP contribution in [-0.4, -0.2) is 75.7 Å². The average Bonchev–Trinajstić information content (AvgIpc) is 3.38. The number of aromatic amines is 1. The Morgan fingerprint density at radius 2 is 1.90 bits per heavy atom. The lowest BCUT2D eigenvalue weighted by Gasteiger charge is -2.27. The maximum absolute atomic E-state index is 14.1. The number of H-pyrrole nitrogens is 1. The molecule has 4 rings (SSSR count). The van der Waals surface area contributed by atoms with Gasteiger partial charge in [0, 0.05) is 29.8 Å². The molecule has 39 heavy (non-hydrogen) atoms. The van der Waals surface area contributed by atoms with Gasteiger partial charge >= 0.3 is 0 Å².